The summed E-state index contributed by atoms with van der Waals surface area (Å²) in [5.41, 5.74) is 0.710. The van der Waals surface area contributed by atoms with Crippen molar-refractivity contribution >= 4 is 46.3 Å². The van der Waals surface area contributed by atoms with E-state index in [1.165, 1.54) is 23.6 Å². The molecule has 1 atom stereocenters. The molecule has 1 aliphatic heterocycles. The second-order valence-electron chi connectivity index (χ2n) is 6.08. The standard InChI is InChI=1S/C20H19NO6S2/c1-3-25-16-9-13(6-7-15(16)27-12(2)19(23)24)10-17-18(22)21(20(28)29-17)11-14-5-4-8-26-14/h4-10,12H,3,11H2,1-2H3,(H,23,24)/b17-10+. The van der Waals surface area contributed by atoms with Gasteiger partial charge in [0, 0.05) is 0 Å². The summed E-state index contributed by atoms with van der Waals surface area (Å²) < 4.78 is 16.8. The van der Waals surface area contributed by atoms with E-state index in [1.807, 2.05) is 6.92 Å². The summed E-state index contributed by atoms with van der Waals surface area (Å²) in [5, 5.41) is 9.04. The molecule has 1 saturated heterocycles. The minimum Gasteiger partial charge on any atom is -0.490 e. The fraction of sp³-hybridized carbons (Fsp3) is 0.250. The van der Waals surface area contributed by atoms with Gasteiger partial charge in [0.25, 0.3) is 5.91 Å². The SMILES string of the molecule is CCOc1cc(/C=C2/SC(=S)N(Cc3ccco3)C2=O)ccc1OC(C)C(=O)O. The number of carbonyl (C=O) groups excluding carboxylic acids is 1. The number of furan rings is 1. The van der Waals surface area contributed by atoms with Crippen molar-refractivity contribution in [2.75, 3.05) is 6.61 Å². The summed E-state index contributed by atoms with van der Waals surface area (Å²) in [4.78, 5) is 25.7. The van der Waals surface area contributed by atoms with Crippen LogP contribution < -0.4 is 9.47 Å². The van der Waals surface area contributed by atoms with Crippen molar-refractivity contribution < 1.29 is 28.6 Å². The lowest BCUT2D eigenvalue weighted by Crippen LogP contribution is -2.27. The van der Waals surface area contributed by atoms with Crippen molar-refractivity contribution in [2.45, 2.75) is 26.5 Å². The van der Waals surface area contributed by atoms with Crippen molar-refractivity contribution in [1.82, 2.24) is 4.90 Å². The zero-order chi connectivity index (χ0) is 21.0. The van der Waals surface area contributed by atoms with Crippen LogP contribution in [0.4, 0.5) is 0 Å². The Hall–Kier alpha value is -2.78. The highest BCUT2D eigenvalue weighted by atomic mass is 32.2. The lowest BCUT2D eigenvalue weighted by molar-refractivity contribution is -0.144. The third-order valence-electron chi connectivity index (χ3n) is 3.98. The van der Waals surface area contributed by atoms with Gasteiger partial charge in [-0.2, -0.15) is 0 Å². The van der Waals surface area contributed by atoms with Gasteiger partial charge in [0.05, 0.1) is 24.3 Å². The number of aliphatic carboxylic acids is 1. The van der Waals surface area contributed by atoms with Gasteiger partial charge in [-0.05, 0) is 49.8 Å². The van der Waals surface area contributed by atoms with Crippen LogP contribution in [0.2, 0.25) is 0 Å². The number of ether oxygens (including phenoxy) is 2. The number of nitrogens with zero attached hydrogens (tertiary/aromatic N) is 1. The Labute approximate surface area is 177 Å². The normalized spacial score (nSPS) is 16.3. The number of amides is 1. The fourth-order valence-electron chi connectivity index (χ4n) is 2.57. The molecule has 7 nitrogen and oxygen atoms in total. The molecule has 1 aromatic heterocycles. The molecule has 9 heteroatoms. The lowest BCUT2D eigenvalue weighted by Gasteiger charge is -2.15. The molecule has 1 fully saturated rings. The van der Waals surface area contributed by atoms with Crippen molar-refractivity contribution in [3.05, 3.63) is 52.8 Å². The molecule has 29 heavy (non-hydrogen) atoms. The molecule has 1 unspecified atom stereocenters. The van der Waals surface area contributed by atoms with Gasteiger partial charge < -0.3 is 19.0 Å². The Bertz CT molecular complexity index is 954. The molecule has 2 heterocycles. The highest BCUT2D eigenvalue weighted by molar-refractivity contribution is 8.26. The van der Waals surface area contributed by atoms with Gasteiger partial charge in [-0.15, -0.1) is 0 Å². The molecule has 0 aliphatic carbocycles. The number of hydrogen-bond donors (Lipinski definition) is 1. The Morgan fingerprint density at radius 1 is 1.38 bits per heavy atom. The highest BCUT2D eigenvalue weighted by Gasteiger charge is 2.32. The van der Waals surface area contributed by atoms with E-state index in [0.29, 0.717) is 38.7 Å². The second-order valence-corrected chi connectivity index (χ2v) is 7.76. The van der Waals surface area contributed by atoms with E-state index in [-0.39, 0.29) is 12.5 Å². The average molecular weight is 434 g/mol. The summed E-state index contributed by atoms with van der Waals surface area (Å²) in [6.45, 7) is 3.92. The van der Waals surface area contributed by atoms with E-state index < -0.39 is 12.1 Å². The Kier molecular flexibility index (Phi) is 6.60. The second kappa shape index (κ2) is 9.15. The van der Waals surface area contributed by atoms with E-state index in [9.17, 15) is 9.59 Å². The Morgan fingerprint density at radius 3 is 2.83 bits per heavy atom. The quantitative estimate of drug-likeness (QED) is 0.495. The first-order chi connectivity index (χ1) is 13.9. The van der Waals surface area contributed by atoms with Crippen LogP contribution in [0.15, 0.2) is 45.9 Å². The van der Waals surface area contributed by atoms with Crippen molar-refractivity contribution in [2.24, 2.45) is 0 Å². The van der Waals surface area contributed by atoms with Crippen molar-refractivity contribution in [3.63, 3.8) is 0 Å². The molecule has 1 N–H and O–H groups in total. The predicted molar refractivity (Wildman–Crippen MR) is 113 cm³/mol. The van der Waals surface area contributed by atoms with E-state index >= 15 is 0 Å². The van der Waals surface area contributed by atoms with Crippen LogP contribution in [0.1, 0.15) is 25.2 Å². The molecule has 152 valence electrons. The zero-order valence-electron chi connectivity index (χ0n) is 15.8. The van der Waals surface area contributed by atoms with Gasteiger partial charge in [0.15, 0.2) is 17.6 Å². The van der Waals surface area contributed by atoms with Crippen LogP contribution in [-0.2, 0) is 16.1 Å². The summed E-state index contributed by atoms with van der Waals surface area (Å²) >= 11 is 6.54. The number of carboxylic acids is 1. The van der Waals surface area contributed by atoms with Crippen LogP contribution in [0, 0.1) is 0 Å². The number of benzene rings is 1. The van der Waals surface area contributed by atoms with E-state index in [0.717, 1.165) is 0 Å². The van der Waals surface area contributed by atoms with Crippen LogP contribution >= 0.6 is 24.0 Å². The molecule has 0 radical (unpaired) electrons. The molecule has 0 bridgehead atoms. The van der Waals surface area contributed by atoms with Gasteiger partial charge in [0.2, 0.25) is 0 Å². The molecule has 2 aromatic rings. The smallest absolute Gasteiger partial charge is 0.344 e. The van der Waals surface area contributed by atoms with E-state index in [1.54, 1.807) is 42.7 Å². The van der Waals surface area contributed by atoms with Gasteiger partial charge in [-0.25, -0.2) is 4.79 Å². The number of rotatable bonds is 8. The molecule has 1 aromatic carbocycles. The summed E-state index contributed by atoms with van der Waals surface area (Å²) in [7, 11) is 0. The van der Waals surface area contributed by atoms with E-state index in [4.69, 9.17) is 31.2 Å². The van der Waals surface area contributed by atoms with Crippen LogP contribution in [0.25, 0.3) is 6.08 Å². The van der Waals surface area contributed by atoms with Gasteiger partial charge in [0.1, 0.15) is 10.1 Å². The minimum absolute atomic E-state index is 0.200. The topological polar surface area (TPSA) is 89.2 Å². The van der Waals surface area contributed by atoms with Crippen molar-refractivity contribution in [1.29, 1.82) is 0 Å². The van der Waals surface area contributed by atoms with Crippen LogP contribution in [0.5, 0.6) is 11.5 Å². The summed E-state index contributed by atoms with van der Waals surface area (Å²) in [6.07, 6.45) is 2.25. The van der Waals surface area contributed by atoms with Gasteiger partial charge >= 0.3 is 5.97 Å². The monoisotopic (exact) mass is 433 g/mol. The molecular weight excluding hydrogens is 414 g/mol. The van der Waals surface area contributed by atoms with Crippen molar-refractivity contribution in [3.8, 4) is 11.5 Å². The molecular formula is C20H19NO6S2. The largest absolute Gasteiger partial charge is 0.490 e. The minimum atomic E-state index is -1.07. The summed E-state index contributed by atoms with van der Waals surface area (Å²) in [6, 6.07) is 8.60. The molecule has 0 spiro atoms. The summed E-state index contributed by atoms with van der Waals surface area (Å²) in [5.74, 6) is 0.103. The lowest BCUT2D eigenvalue weighted by atomic mass is 10.1. The average Bonchev–Trinajstić information content (AvgIpc) is 3.28. The third-order valence-corrected chi connectivity index (χ3v) is 5.36. The number of carbonyl (C=O) groups is 2. The molecule has 0 saturated carbocycles. The first-order valence-corrected chi connectivity index (χ1v) is 10.1. The number of carboxylic acid groups (broad SMARTS) is 1. The maximum absolute atomic E-state index is 12.7. The van der Waals surface area contributed by atoms with Crippen LogP contribution in [-0.4, -0.2) is 38.9 Å². The fourth-order valence-corrected chi connectivity index (χ4v) is 3.82. The van der Waals surface area contributed by atoms with Gasteiger partial charge in [-0.1, -0.05) is 30.0 Å². The Balaban J connectivity index is 1.82. The molecule has 3 rings (SSSR count). The molecule has 1 amide bonds. The van der Waals surface area contributed by atoms with Crippen LogP contribution in [0.3, 0.4) is 0 Å². The first-order valence-electron chi connectivity index (χ1n) is 8.83. The third kappa shape index (κ3) is 4.99. The maximum Gasteiger partial charge on any atom is 0.344 e. The van der Waals surface area contributed by atoms with Gasteiger partial charge in [-0.3, -0.25) is 9.69 Å². The number of thioether (sulfide) groups is 1. The first kappa shape index (κ1) is 20.9. The number of thiocarbonyl (C=S) groups is 1. The highest BCUT2D eigenvalue weighted by Crippen LogP contribution is 2.35. The Morgan fingerprint density at radius 2 is 2.17 bits per heavy atom. The predicted octanol–water partition coefficient (Wildman–Crippen LogP) is 3.93. The zero-order valence-corrected chi connectivity index (χ0v) is 17.4. The molecule has 1 aliphatic rings. The number of hydrogen-bond acceptors (Lipinski definition) is 7. The maximum atomic E-state index is 12.7. The van der Waals surface area contributed by atoms with E-state index in [2.05, 4.69) is 0 Å².